The average molecular weight is 225 g/mol. The van der Waals surface area contributed by atoms with Gasteiger partial charge in [-0.25, -0.2) is 0 Å². The van der Waals surface area contributed by atoms with E-state index in [1.54, 1.807) is 7.11 Å². The first-order chi connectivity index (χ1) is 7.76. The second-order valence-electron chi connectivity index (χ2n) is 3.46. The van der Waals surface area contributed by atoms with Crippen molar-refractivity contribution in [3.63, 3.8) is 0 Å². The van der Waals surface area contributed by atoms with Crippen LogP contribution < -0.4 is 15.2 Å². The standard InChI is InChI=1S/C12H19NO3/c1-3-16-12-6-9(10(7-13)8-14)4-5-11(12)15-2/h4-6,10,14H,3,7-8,13H2,1-2H3. The largest absolute Gasteiger partial charge is 0.493 e. The summed E-state index contributed by atoms with van der Waals surface area (Å²) >= 11 is 0. The van der Waals surface area contributed by atoms with Crippen molar-refractivity contribution in [3.05, 3.63) is 23.8 Å². The summed E-state index contributed by atoms with van der Waals surface area (Å²) in [7, 11) is 1.60. The lowest BCUT2D eigenvalue weighted by molar-refractivity contribution is 0.266. The monoisotopic (exact) mass is 225 g/mol. The fraction of sp³-hybridized carbons (Fsp3) is 0.500. The van der Waals surface area contributed by atoms with Crippen molar-refractivity contribution >= 4 is 0 Å². The van der Waals surface area contributed by atoms with Gasteiger partial charge < -0.3 is 20.3 Å². The number of hydrogen-bond donors (Lipinski definition) is 2. The number of rotatable bonds is 6. The van der Waals surface area contributed by atoms with E-state index < -0.39 is 0 Å². The maximum Gasteiger partial charge on any atom is 0.161 e. The SMILES string of the molecule is CCOc1cc(C(CN)CO)ccc1OC. The van der Waals surface area contributed by atoms with E-state index in [0.717, 1.165) is 5.56 Å². The summed E-state index contributed by atoms with van der Waals surface area (Å²) in [6.45, 7) is 2.94. The molecule has 0 aliphatic heterocycles. The minimum Gasteiger partial charge on any atom is -0.493 e. The molecule has 4 heteroatoms. The molecule has 0 spiro atoms. The first kappa shape index (κ1) is 12.8. The number of methoxy groups -OCH3 is 1. The fourth-order valence-corrected chi connectivity index (χ4v) is 1.53. The van der Waals surface area contributed by atoms with E-state index in [1.807, 2.05) is 25.1 Å². The van der Waals surface area contributed by atoms with Crippen LogP contribution in [0.15, 0.2) is 18.2 Å². The summed E-state index contributed by atoms with van der Waals surface area (Å²) in [6.07, 6.45) is 0. The second kappa shape index (κ2) is 6.35. The van der Waals surface area contributed by atoms with Crippen LogP contribution in [0.4, 0.5) is 0 Å². The third-order valence-electron chi connectivity index (χ3n) is 2.46. The molecule has 0 fully saturated rings. The highest BCUT2D eigenvalue weighted by molar-refractivity contribution is 5.44. The number of aliphatic hydroxyl groups excluding tert-OH is 1. The van der Waals surface area contributed by atoms with Crippen LogP contribution in [0, 0.1) is 0 Å². The fourth-order valence-electron chi connectivity index (χ4n) is 1.53. The first-order valence-electron chi connectivity index (χ1n) is 5.38. The van der Waals surface area contributed by atoms with Gasteiger partial charge in [0.15, 0.2) is 11.5 Å². The van der Waals surface area contributed by atoms with Crippen LogP contribution in [0.25, 0.3) is 0 Å². The first-order valence-corrected chi connectivity index (χ1v) is 5.38. The van der Waals surface area contributed by atoms with E-state index in [0.29, 0.717) is 24.7 Å². The molecular weight excluding hydrogens is 206 g/mol. The zero-order valence-corrected chi connectivity index (χ0v) is 9.77. The number of hydrogen-bond acceptors (Lipinski definition) is 4. The smallest absolute Gasteiger partial charge is 0.161 e. The van der Waals surface area contributed by atoms with E-state index in [2.05, 4.69) is 0 Å². The van der Waals surface area contributed by atoms with Crippen LogP contribution in [-0.4, -0.2) is 32.0 Å². The highest BCUT2D eigenvalue weighted by Crippen LogP contribution is 2.30. The Morgan fingerprint density at radius 3 is 2.62 bits per heavy atom. The third kappa shape index (κ3) is 2.87. The van der Waals surface area contributed by atoms with Gasteiger partial charge in [0, 0.05) is 12.5 Å². The topological polar surface area (TPSA) is 64.7 Å². The van der Waals surface area contributed by atoms with Gasteiger partial charge in [-0.1, -0.05) is 6.07 Å². The van der Waals surface area contributed by atoms with Gasteiger partial charge in [0.1, 0.15) is 0 Å². The number of nitrogens with two attached hydrogens (primary N) is 1. The van der Waals surface area contributed by atoms with Gasteiger partial charge in [-0.3, -0.25) is 0 Å². The average Bonchev–Trinajstić information content (AvgIpc) is 2.31. The maximum absolute atomic E-state index is 9.17. The summed E-state index contributed by atoms with van der Waals surface area (Å²) in [4.78, 5) is 0. The van der Waals surface area contributed by atoms with Gasteiger partial charge in [0.25, 0.3) is 0 Å². The van der Waals surface area contributed by atoms with Gasteiger partial charge in [-0.05, 0) is 24.6 Å². The molecule has 0 aliphatic carbocycles. The molecule has 0 amide bonds. The zero-order valence-electron chi connectivity index (χ0n) is 9.77. The molecule has 1 aromatic carbocycles. The number of aliphatic hydroxyl groups is 1. The van der Waals surface area contributed by atoms with Crippen molar-refractivity contribution in [3.8, 4) is 11.5 Å². The van der Waals surface area contributed by atoms with E-state index in [4.69, 9.17) is 15.2 Å². The summed E-state index contributed by atoms with van der Waals surface area (Å²) < 4.78 is 10.6. The third-order valence-corrected chi connectivity index (χ3v) is 2.46. The summed E-state index contributed by atoms with van der Waals surface area (Å²) in [5.41, 5.74) is 6.54. The summed E-state index contributed by atoms with van der Waals surface area (Å²) in [6, 6.07) is 5.60. The van der Waals surface area contributed by atoms with Crippen molar-refractivity contribution < 1.29 is 14.6 Å². The molecule has 1 aromatic rings. The number of benzene rings is 1. The van der Waals surface area contributed by atoms with E-state index in [9.17, 15) is 5.11 Å². The Morgan fingerprint density at radius 1 is 1.38 bits per heavy atom. The minimum atomic E-state index is -0.0508. The Labute approximate surface area is 96.0 Å². The Balaban J connectivity index is 3.00. The van der Waals surface area contributed by atoms with E-state index in [-0.39, 0.29) is 12.5 Å². The maximum atomic E-state index is 9.17. The highest BCUT2D eigenvalue weighted by Gasteiger charge is 2.12. The van der Waals surface area contributed by atoms with Crippen LogP contribution in [0.5, 0.6) is 11.5 Å². The van der Waals surface area contributed by atoms with Crippen molar-refractivity contribution in [1.29, 1.82) is 0 Å². The molecule has 0 bridgehead atoms. The van der Waals surface area contributed by atoms with Crippen molar-refractivity contribution in [1.82, 2.24) is 0 Å². The molecule has 0 saturated heterocycles. The van der Waals surface area contributed by atoms with Gasteiger partial charge in [0.05, 0.1) is 20.3 Å². The van der Waals surface area contributed by atoms with Crippen molar-refractivity contribution in [2.75, 3.05) is 26.9 Å². The summed E-state index contributed by atoms with van der Waals surface area (Å²) in [5, 5.41) is 9.17. The Morgan fingerprint density at radius 2 is 2.12 bits per heavy atom. The van der Waals surface area contributed by atoms with Crippen LogP contribution in [0.3, 0.4) is 0 Å². The minimum absolute atomic E-state index is 0.0361. The highest BCUT2D eigenvalue weighted by atomic mass is 16.5. The quantitative estimate of drug-likeness (QED) is 0.761. The van der Waals surface area contributed by atoms with Crippen LogP contribution in [-0.2, 0) is 0 Å². The predicted octanol–water partition coefficient (Wildman–Crippen LogP) is 1.13. The molecule has 1 atom stereocenters. The van der Waals surface area contributed by atoms with Crippen molar-refractivity contribution in [2.45, 2.75) is 12.8 Å². The second-order valence-corrected chi connectivity index (χ2v) is 3.46. The van der Waals surface area contributed by atoms with Gasteiger partial charge in [-0.2, -0.15) is 0 Å². The molecular formula is C12H19NO3. The molecule has 0 heterocycles. The lowest BCUT2D eigenvalue weighted by atomic mass is 10.00. The van der Waals surface area contributed by atoms with E-state index in [1.165, 1.54) is 0 Å². The molecule has 1 unspecified atom stereocenters. The van der Waals surface area contributed by atoms with Gasteiger partial charge in [-0.15, -0.1) is 0 Å². The summed E-state index contributed by atoms with van der Waals surface area (Å²) in [5.74, 6) is 1.33. The normalized spacial score (nSPS) is 12.2. The van der Waals surface area contributed by atoms with Gasteiger partial charge in [0.2, 0.25) is 0 Å². The molecule has 4 nitrogen and oxygen atoms in total. The number of ether oxygens (including phenoxy) is 2. The molecule has 90 valence electrons. The molecule has 16 heavy (non-hydrogen) atoms. The van der Waals surface area contributed by atoms with Gasteiger partial charge >= 0.3 is 0 Å². The molecule has 1 rings (SSSR count). The zero-order chi connectivity index (χ0) is 12.0. The molecule has 0 aromatic heterocycles. The molecule has 0 saturated carbocycles. The van der Waals surface area contributed by atoms with Crippen LogP contribution in [0.2, 0.25) is 0 Å². The van der Waals surface area contributed by atoms with Crippen LogP contribution >= 0.6 is 0 Å². The van der Waals surface area contributed by atoms with Crippen molar-refractivity contribution in [2.24, 2.45) is 5.73 Å². The van der Waals surface area contributed by atoms with Crippen LogP contribution in [0.1, 0.15) is 18.4 Å². The lowest BCUT2D eigenvalue weighted by Crippen LogP contribution is -2.16. The Bertz CT molecular complexity index is 324. The molecule has 3 N–H and O–H groups in total. The lowest BCUT2D eigenvalue weighted by Gasteiger charge is -2.15. The Hall–Kier alpha value is -1.26. The van der Waals surface area contributed by atoms with E-state index >= 15 is 0 Å². The predicted molar refractivity (Wildman–Crippen MR) is 63.0 cm³/mol. The molecule has 0 radical (unpaired) electrons. The molecule has 0 aliphatic rings. The Kier molecular flexibility index (Phi) is 5.08.